The number of carbonyl (C=O) groups excluding carboxylic acids is 2. The fourth-order valence-electron chi connectivity index (χ4n) is 0.987. The zero-order valence-electron chi connectivity index (χ0n) is 9.06. The van der Waals surface area contributed by atoms with Gasteiger partial charge in [-0.2, -0.15) is 0 Å². The summed E-state index contributed by atoms with van der Waals surface area (Å²) in [6, 6.07) is 0. The van der Waals surface area contributed by atoms with Crippen LogP contribution in [0.25, 0.3) is 0 Å². The summed E-state index contributed by atoms with van der Waals surface area (Å²) in [5.41, 5.74) is 0. The molecule has 0 aromatic rings. The molecule has 0 saturated heterocycles. The van der Waals surface area contributed by atoms with E-state index in [4.69, 9.17) is 0 Å². The van der Waals surface area contributed by atoms with Crippen LogP contribution in [0.15, 0.2) is 0 Å². The number of Topliss-reactive ketones (excluding diaryl/α,β-unsaturated/α-hetero) is 1. The molecule has 0 fully saturated rings. The third-order valence-corrected chi connectivity index (χ3v) is 1.72. The van der Waals surface area contributed by atoms with Crippen LogP contribution in [-0.2, 0) is 9.59 Å². The van der Waals surface area contributed by atoms with E-state index in [2.05, 4.69) is 17.6 Å². The molecule has 0 aliphatic rings. The molecular formula is C10H20N2O2. The fraction of sp³-hybridized carbons (Fsp3) is 0.800. The van der Waals surface area contributed by atoms with Crippen LogP contribution in [-0.4, -0.2) is 31.3 Å². The predicted octanol–water partition coefficient (Wildman–Crippen LogP) is 0.471. The van der Waals surface area contributed by atoms with E-state index in [1.807, 2.05) is 0 Å². The molecule has 0 saturated carbocycles. The van der Waals surface area contributed by atoms with E-state index in [9.17, 15) is 9.59 Å². The Bertz CT molecular complexity index is 181. The molecule has 0 heterocycles. The summed E-state index contributed by atoms with van der Waals surface area (Å²) in [6.07, 6.45) is 2.42. The highest BCUT2D eigenvalue weighted by atomic mass is 16.2. The molecule has 4 heteroatoms. The van der Waals surface area contributed by atoms with Gasteiger partial charge in [-0.15, -0.1) is 0 Å². The Kier molecular flexibility index (Phi) is 8.13. The average molecular weight is 200 g/mol. The van der Waals surface area contributed by atoms with Gasteiger partial charge in [-0.25, -0.2) is 0 Å². The fourth-order valence-corrected chi connectivity index (χ4v) is 0.987. The quantitative estimate of drug-likeness (QED) is 0.560. The molecule has 0 aromatic carbocycles. The van der Waals surface area contributed by atoms with Crippen molar-refractivity contribution in [3.8, 4) is 0 Å². The van der Waals surface area contributed by atoms with Crippen molar-refractivity contribution in [3.63, 3.8) is 0 Å². The highest BCUT2D eigenvalue weighted by Gasteiger charge is 2.00. The van der Waals surface area contributed by atoms with Gasteiger partial charge in [-0.1, -0.05) is 6.92 Å². The molecule has 0 unspecified atom stereocenters. The van der Waals surface area contributed by atoms with Gasteiger partial charge in [0.1, 0.15) is 5.78 Å². The van der Waals surface area contributed by atoms with Crippen LogP contribution >= 0.6 is 0 Å². The zero-order valence-corrected chi connectivity index (χ0v) is 9.06. The number of amides is 1. The van der Waals surface area contributed by atoms with Crippen molar-refractivity contribution >= 4 is 11.7 Å². The molecule has 0 spiro atoms. The standard InChI is InChI=1S/C10H20N2O2/c1-3-6-11-7-4-5-10(14)12-8-9(2)13/h11H,3-8H2,1-2H3,(H,12,14). The van der Waals surface area contributed by atoms with Crippen molar-refractivity contribution in [2.75, 3.05) is 19.6 Å². The monoisotopic (exact) mass is 200 g/mol. The van der Waals surface area contributed by atoms with Crippen molar-refractivity contribution in [3.05, 3.63) is 0 Å². The summed E-state index contributed by atoms with van der Waals surface area (Å²) < 4.78 is 0. The summed E-state index contributed by atoms with van der Waals surface area (Å²) in [6.45, 7) is 5.58. The Hall–Kier alpha value is -0.900. The Labute approximate surface area is 85.4 Å². The summed E-state index contributed by atoms with van der Waals surface area (Å²) in [5.74, 6) is -0.0547. The highest BCUT2D eigenvalue weighted by Crippen LogP contribution is 1.87. The van der Waals surface area contributed by atoms with Crippen LogP contribution in [0.3, 0.4) is 0 Å². The minimum atomic E-state index is -0.0431. The van der Waals surface area contributed by atoms with Crippen LogP contribution in [0.4, 0.5) is 0 Å². The molecule has 4 nitrogen and oxygen atoms in total. The van der Waals surface area contributed by atoms with Gasteiger partial charge < -0.3 is 10.6 Å². The molecule has 14 heavy (non-hydrogen) atoms. The van der Waals surface area contributed by atoms with Crippen LogP contribution < -0.4 is 10.6 Å². The zero-order chi connectivity index (χ0) is 10.8. The second kappa shape index (κ2) is 8.69. The number of nitrogens with one attached hydrogen (secondary N) is 2. The molecule has 0 aliphatic heterocycles. The Morgan fingerprint density at radius 1 is 1.21 bits per heavy atom. The maximum atomic E-state index is 11.1. The molecule has 82 valence electrons. The maximum absolute atomic E-state index is 11.1. The van der Waals surface area contributed by atoms with Gasteiger partial charge in [0.15, 0.2) is 0 Å². The molecule has 2 N–H and O–H groups in total. The molecule has 0 rings (SSSR count). The first kappa shape index (κ1) is 13.1. The van der Waals surface area contributed by atoms with E-state index in [1.54, 1.807) is 0 Å². The van der Waals surface area contributed by atoms with E-state index in [0.717, 1.165) is 25.9 Å². The lowest BCUT2D eigenvalue weighted by Gasteiger charge is -2.03. The van der Waals surface area contributed by atoms with E-state index < -0.39 is 0 Å². The van der Waals surface area contributed by atoms with Gasteiger partial charge in [0.05, 0.1) is 6.54 Å². The molecular weight excluding hydrogens is 180 g/mol. The summed E-state index contributed by atoms with van der Waals surface area (Å²) in [7, 11) is 0. The third kappa shape index (κ3) is 9.19. The molecule has 1 amide bonds. The van der Waals surface area contributed by atoms with Gasteiger partial charge in [-0.3, -0.25) is 9.59 Å². The third-order valence-electron chi connectivity index (χ3n) is 1.72. The smallest absolute Gasteiger partial charge is 0.220 e. The van der Waals surface area contributed by atoms with E-state index >= 15 is 0 Å². The topological polar surface area (TPSA) is 58.2 Å². The lowest BCUT2D eigenvalue weighted by Crippen LogP contribution is -2.28. The molecule has 0 radical (unpaired) electrons. The van der Waals surface area contributed by atoms with Gasteiger partial charge in [0.25, 0.3) is 0 Å². The molecule has 0 aliphatic carbocycles. The molecule has 0 bridgehead atoms. The van der Waals surface area contributed by atoms with Crippen molar-refractivity contribution < 1.29 is 9.59 Å². The van der Waals surface area contributed by atoms with Crippen molar-refractivity contribution in [2.45, 2.75) is 33.1 Å². The first-order valence-electron chi connectivity index (χ1n) is 5.13. The average Bonchev–Trinajstić information content (AvgIpc) is 2.14. The minimum Gasteiger partial charge on any atom is -0.349 e. The van der Waals surface area contributed by atoms with E-state index in [0.29, 0.717) is 6.42 Å². The largest absolute Gasteiger partial charge is 0.349 e. The summed E-state index contributed by atoms with van der Waals surface area (Å²) in [4.78, 5) is 21.6. The van der Waals surface area contributed by atoms with Crippen LogP contribution in [0.5, 0.6) is 0 Å². The van der Waals surface area contributed by atoms with Crippen molar-refractivity contribution in [1.82, 2.24) is 10.6 Å². The highest BCUT2D eigenvalue weighted by molar-refractivity contribution is 5.84. The number of ketones is 1. The first-order chi connectivity index (χ1) is 6.66. The van der Waals surface area contributed by atoms with Crippen molar-refractivity contribution in [2.24, 2.45) is 0 Å². The van der Waals surface area contributed by atoms with Gasteiger partial charge in [0, 0.05) is 6.42 Å². The first-order valence-corrected chi connectivity index (χ1v) is 5.13. The Balaban J connectivity index is 3.22. The number of rotatable bonds is 8. The Morgan fingerprint density at radius 3 is 2.50 bits per heavy atom. The summed E-state index contributed by atoms with van der Waals surface area (Å²) >= 11 is 0. The molecule has 0 aromatic heterocycles. The van der Waals surface area contributed by atoms with E-state index in [-0.39, 0.29) is 18.2 Å². The van der Waals surface area contributed by atoms with Gasteiger partial charge >= 0.3 is 0 Å². The van der Waals surface area contributed by atoms with E-state index in [1.165, 1.54) is 6.92 Å². The predicted molar refractivity (Wildman–Crippen MR) is 56.1 cm³/mol. The van der Waals surface area contributed by atoms with Crippen molar-refractivity contribution in [1.29, 1.82) is 0 Å². The lowest BCUT2D eigenvalue weighted by molar-refractivity contribution is -0.124. The van der Waals surface area contributed by atoms with Gasteiger partial charge in [-0.05, 0) is 32.9 Å². The second-order valence-electron chi connectivity index (χ2n) is 3.33. The summed E-state index contributed by atoms with van der Waals surface area (Å²) in [5, 5.41) is 5.77. The SMILES string of the molecule is CCCNCCCC(=O)NCC(C)=O. The normalized spacial score (nSPS) is 9.86. The minimum absolute atomic E-state index is 0.0116. The van der Waals surface area contributed by atoms with Crippen LogP contribution in [0.1, 0.15) is 33.1 Å². The van der Waals surface area contributed by atoms with Gasteiger partial charge in [0.2, 0.25) is 5.91 Å². The van der Waals surface area contributed by atoms with Crippen LogP contribution in [0, 0.1) is 0 Å². The second-order valence-corrected chi connectivity index (χ2v) is 3.33. The molecule has 0 atom stereocenters. The maximum Gasteiger partial charge on any atom is 0.220 e. The lowest BCUT2D eigenvalue weighted by atomic mass is 10.3. The number of hydrogen-bond acceptors (Lipinski definition) is 3. The van der Waals surface area contributed by atoms with Crippen LogP contribution in [0.2, 0.25) is 0 Å². The Morgan fingerprint density at radius 2 is 1.93 bits per heavy atom. The number of hydrogen-bond donors (Lipinski definition) is 2. The number of carbonyl (C=O) groups is 2.